The Labute approximate surface area is 131 Å². The fourth-order valence-electron chi connectivity index (χ4n) is 1.53. The molecule has 20 heavy (non-hydrogen) atoms. The fourth-order valence-corrected chi connectivity index (χ4v) is 2.97. The molecular weight excluding hydrogens is 317 g/mol. The number of thioether (sulfide) groups is 1. The van der Waals surface area contributed by atoms with E-state index in [2.05, 4.69) is 9.97 Å². The molecule has 0 radical (unpaired) electrons. The second-order valence-electron chi connectivity index (χ2n) is 4.15. The van der Waals surface area contributed by atoms with Crippen LogP contribution in [-0.4, -0.2) is 33.6 Å². The molecule has 0 saturated carbocycles. The monoisotopic (exact) mass is 329 g/mol. The number of H-pyrrole nitrogens is 1. The average Bonchev–Trinajstić information content (AvgIpc) is 2.92. The molecule has 2 rings (SSSR count). The van der Waals surface area contributed by atoms with E-state index < -0.39 is 0 Å². The molecule has 1 N–H and O–H groups in total. The maximum Gasteiger partial charge on any atom is 0.233 e. The van der Waals surface area contributed by atoms with Crippen molar-refractivity contribution < 1.29 is 4.79 Å². The van der Waals surface area contributed by atoms with Crippen molar-refractivity contribution in [2.24, 2.45) is 0 Å². The highest BCUT2D eigenvalue weighted by Gasteiger charge is 2.12. The largest absolute Gasteiger partial charge is 0.347 e. The van der Waals surface area contributed by atoms with Crippen LogP contribution in [0.25, 0.3) is 0 Å². The number of rotatable bonds is 5. The number of carbonyl (C=O) groups is 1. The van der Waals surface area contributed by atoms with Crippen molar-refractivity contribution in [3.63, 3.8) is 0 Å². The van der Waals surface area contributed by atoms with Gasteiger partial charge in [-0.2, -0.15) is 0 Å². The summed E-state index contributed by atoms with van der Waals surface area (Å²) in [6.45, 7) is 0.454. The maximum atomic E-state index is 12.0. The van der Waals surface area contributed by atoms with Crippen LogP contribution in [0.15, 0.2) is 35.5 Å². The number of aromatic amines is 1. The van der Waals surface area contributed by atoms with Crippen molar-refractivity contribution in [3.05, 3.63) is 46.5 Å². The number of benzene rings is 1. The van der Waals surface area contributed by atoms with Crippen molar-refractivity contribution in [2.45, 2.75) is 11.4 Å². The highest BCUT2D eigenvalue weighted by molar-refractivity contribution is 8.00. The Kier molecular flexibility index (Phi) is 5.34. The van der Waals surface area contributed by atoms with Gasteiger partial charge in [0.05, 0.1) is 17.3 Å². The van der Waals surface area contributed by atoms with Crippen LogP contribution in [0.1, 0.15) is 5.82 Å². The van der Waals surface area contributed by atoms with E-state index in [9.17, 15) is 4.79 Å². The molecule has 1 amide bonds. The SMILES string of the molecule is CN(Cc1ncc[nH]1)C(=O)CSc1cc(Cl)ccc1Cl. The molecule has 2 aromatic rings. The number of nitrogens with zero attached hydrogens (tertiary/aromatic N) is 2. The first-order valence-corrected chi connectivity index (χ1v) is 7.60. The second kappa shape index (κ2) is 7.02. The molecule has 1 aromatic heterocycles. The predicted molar refractivity (Wildman–Crippen MR) is 82.2 cm³/mol. The molecule has 0 fully saturated rings. The highest BCUT2D eigenvalue weighted by Crippen LogP contribution is 2.29. The van der Waals surface area contributed by atoms with Crippen LogP contribution in [-0.2, 0) is 11.3 Å². The summed E-state index contributed by atoms with van der Waals surface area (Å²) in [6.07, 6.45) is 3.39. The molecule has 0 saturated heterocycles. The molecule has 0 spiro atoms. The lowest BCUT2D eigenvalue weighted by molar-refractivity contribution is -0.127. The van der Waals surface area contributed by atoms with Gasteiger partial charge in [0.2, 0.25) is 5.91 Å². The smallest absolute Gasteiger partial charge is 0.233 e. The van der Waals surface area contributed by atoms with Crippen molar-refractivity contribution in [2.75, 3.05) is 12.8 Å². The minimum absolute atomic E-state index is 0.00226. The minimum atomic E-state index is 0.00226. The Hall–Kier alpha value is -1.17. The van der Waals surface area contributed by atoms with Crippen molar-refractivity contribution in [3.8, 4) is 0 Å². The first kappa shape index (κ1) is 15.2. The molecule has 1 heterocycles. The predicted octanol–water partition coefficient (Wildman–Crippen LogP) is 3.47. The molecule has 0 aliphatic heterocycles. The molecule has 7 heteroatoms. The molecule has 1 aromatic carbocycles. The Bertz CT molecular complexity index is 589. The topological polar surface area (TPSA) is 49.0 Å². The molecule has 0 unspecified atom stereocenters. The Balaban J connectivity index is 1.89. The third-order valence-corrected chi connectivity index (χ3v) is 4.33. The summed E-state index contributed by atoms with van der Waals surface area (Å²) in [5.41, 5.74) is 0. The van der Waals surface area contributed by atoms with E-state index in [1.807, 2.05) is 0 Å². The van der Waals surface area contributed by atoms with Gasteiger partial charge in [-0.15, -0.1) is 11.8 Å². The zero-order chi connectivity index (χ0) is 14.5. The van der Waals surface area contributed by atoms with Gasteiger partial charge in [-0.3, -0.25) is 4.79 Å². The standard InChI is InChI=1S/C13H13Cl2N3OS/c1-18(7-12-16-4-5-17-12)13(19)8-20-11-6-9(14)2-3-10(11)15/h2-6H,7-8H2,1H3,(H,16,17). The van der Waals surface area contributed by atoms with Crippen molar-refractivity contribution in [1.82, 2.24) is 14.9 Å². The Morgan fingerprint density at radius 2 is 2.25 bits per heavy atom. The molecule has 0 atom stereocenters. The van der Waals surface area contributed by atoms with Gasteiger partial charge >= 0.3 is 0 Å². The zero-order valence-corrected chi connectivity index (χ0v) is 13.1. The minimum Gasteiger partial charge on any atom is -0.347 e. The van der Waals surface area contributed by atoms with Crippen LogP contribution in [0.5, 0.6) is 0 Å². The quantitative estimate of drug-likeness (QED) is 0.854. The van der Waals surface area contributed by atoms with Gasteiger partial charge in [-0.1, -0.05) is 23.2 Å². The Morgan fingerprint density at radius 3 is 2.95 bits per heavy atom. The van der Waals surface area contributed by atoms with Gasteiger partial charge < -0.3 is 9.88 Å². The van der Waals surface area contributed by atoms with Gasteiger partial charge in [0, 0.05) is 29.4 Å². The first-order valence-electron chi connectivity index (χ1n) is 5.86. The van der Waals surface area contributed by atoms with Crippen LogP contribution >= 0.6 is 35.0 Å². The summed E-state index contributed by atoms with van der Waals surface area (Å²) in [4.78, 5) is 21.5. The van der Waals surface area contributed by atoms with E-state index in [1.54, 1.807) is 42.5 Å². The molecular formula is C13H13Cl2N3OS. The number of hydrogen-bond acceptors (Lipinski definition) is 3. The lowest BCUT2D eigenvalue weighted by atomic mass is 10.4. The summed E-state index contributed by atoms with van der Waals surface area (Å²) in [5.74, 6) is 1.06. The van der Waals surface area contributed by atoms with Crippen molar-refractivity contribution >= 4 is 40.9 Å². The van der Waals surface area contributed by atoms with Crippen LogP contribution in [0.4, 0.5) is 0 Å². The van der Waals surface area contributed by atoms with E-state index in [4.69, 9.17) is 23.2 Å². The number of amides is 1. The van der Waals surface area contributed by atoms with E-state index >= 15 is 0 Å². The number of aromatic nitrogens is 2. The molecule has 4 nitrogen and oxygen atoms in total. The second-order valence-corrected chi connectivity index (χ2v) is 6.01. The van der Waals surface area contributed by atoms with Crippen LogP contribution in [0.3, 0.4) is 0 Å². The van der Waals surface area contributed by atoms with Gasteiger partial charge in [-0.25, -0.2) is 4.98 Å². The van der Waals surface area contributed by atoms with E-state index in [0.29, 0.717) is 22.3 Å². The van der Waals surface area contributed by atoms with Gasteiger partial charge in [0.25, 0.3) is 0 Å². The van der Waals surface area contributed by atoms with E-state index in [1.165, 1.54) is 11.8 Å². The summed E-state index contributed by atoms with van der Waals surface area (Å²) in [5, 5.41) is 1.20. The normalized spacial score (nSPS) is 10.6. The number of imidazole rings is 1. The first-order chi connectivity index (χ1) is 9.56. The lowest BCUT2D eigenvalue weighted by Crippen LogP contribution is -2.28. The van der Waals surface area contributed by atoms with Gasteiger partial charge in [-0.05, 0) is 18.2 Å². The van der Waals surface area contributed by atoms with Crippen LogP contribution < -0.4 is 0 Å². The fraction of sp³-hybridized carbons (Fsp3) is 0.231. The van der Waals surface area contributed by atoms with Gasteiger partial charge in [0.1, 0.15) is 5.82 Å². The summed E-state index contributed by atoms with van der Waals surface area (Å²) in [6, 6.07) is 5.20. The average molecular weight is 330 g/mol. The molecule has 0 aliphatic carbocycles. The molecule has 0 aliphatic rings. The zero-order valence-electron chi connectivity index (χ0n) is 10.8. The van der Waals surface area contributed by atoms with Crippen molar-refractivity contribution in [1.29, 1.82) is 0 Å². The number of halogens is 2. The third kappa shape index (κ3) is 4.16. The summed E-state index contributed by atoms with van der Waals surface area (Å²) < 4.78 is 0. The summed E-state index contributed by atoms with van der Waals surface area (Å²) >= 11 is 13.3. The van der Waals surface area contributed by atoms with Crippen LogP contribution in [0.2, 0.25) is 10.0 Å². The van der Waals surface area contributed by atoms with Gasteiger partial charge in [0.15, 0.2) is 0 Å². The molecule has 106 valence electrons. The number of carbonyl (C=O) groups excluding carboxylic acids is 1. The van der Waals surface area contributed by atoms with E-state index in [-0.39, 0.29) is 5.91 Å². The number of nitrogens with one attached hydrogen (secondary N) is 1. The number of hydrogen-bond donors (Lipinski definition) is 1. The Morgan fingerprint density at radius 1 is 1.45 bits per heavy atom. The molecule has 0 bridgehead atoms. The third-order valence-electron chi connectivity index (χ3n) is 2.61. The maximum absolute atomic E-state index is 12.0. The highest BCUT2D eigenvalue weighted by atomic mass is 35.5. The van der Waals surface area contributed by atoms with Crippen LogP contribution in [0, 0.1) is 0 Å². The lowest BCUT2D eigenvalue weighted by Gasteiger charge is -2.15. The summed E-state index contributed by atoms with van der Waals surface area (Å²) in [7, 11) is 1.74. The van der Waals surface area contributed by atoms with E-state index in [0.717, 1.165) is 10.7 Å².